The van der Waals surface area contributed by atoms with Crippen LogP contribution in [0.1, 0.15) is 17.2 Å². The molecule has 4 heteroatoms. The van der Waals surface area contributed by atoms with Gasteiger partial charge in [0.2, 0.25) is 0 Å². The van der Waals surface area contributed by atoms with E-state index in [1.807, 2.05) is 6.92 Å². The largest absolute Gasteiger partial charge is 0.389 e. The number of aliphatic hydroxyl groups is 2. The van der Waals surface area contributed by atoms with Gasteiger partial charge in [0, 0.05) is 11.6 Å². The summed E-state index contributed by atoms with van der Waals surface area (Å²) in [4.78, 5) is 0. The number of aryl methyl sites for hydroxylation is 1. The molecule has 0 aliphatic rings. The minimum atomic E-state index is -0.974. The molecule has 2 unspecified atom stereocenters. The normalized spacial score (nSPS) is 15.2. The fraction of sp³-hybridized carbons (Fsp3) is 0.400. The molecule has 0 fully saturated rings. The van der Waals surface area contributed by atoms with E-state index in [0.29, 0.717) is 10.6 Å². The van der Waals surface area contributed by atoms with Crippen LogP contribution in [0.25, 0.3) is 0 Å². The van der Waals surface area contributed by atoms with Gasteiger partial charge in [0.25, 0.3) is 0 Å². The SMILES string of the molecule is Cc1ccc(C(O)C(O)CN)cc1Cl. The van der Waals surface area contributed by atoms with Gasteiger partial charge < -0.3 is 15.9 Å². The van der Waals surface area contributed by atoms with Gasteiger partial charge in [0.1, 0.15) is 6.10 Å². The van der Waals surface area contributed by atoms with Crippen LogP contribution in [0.2, 0.25) is 5.02 Å². The second-order valence-electron chi connectivity index (χ2n) is 3.26. The van der Waals surface area contributed by atoms with Crippen molar-refractivity contribution in [2.45, 2.75) is 19.1 Å². The highest BCUT2D eigenvalue weighted by atomic mass is 35.5. The zero-order valence-electron chi connectivity index (χ0n) is 7.94. The second-order valence-corrected chi connectivity index (χ2v) is 3.66. The average Bonchev–Trinajstić information content (AvgIpc) is 2.20. The molecule has 0 aliphatic heterocycles. The average molecular weight is 216 g/mol. The molecule has 0 heterocycles. The Morgan fingerprint density at radius 3 is 2.57 bits per heavy atom. The highest BCUT2D eigenvalue weighted by molar-refractivity contribution is 6.31. The summed E-state index contributed by atoms with van der Waals surface area (Å²) < 4.78 is 0. The zero-order valence-corrected chi connectivity index (χ0v) is 8.70. The van der Waals surface area contributed by atoms with Gasteiger partial charge in [-0.15, -0.1) is 0 Å². The van der Waals surface area contributed by atoms with Crippen LogP contribution < -0.4 is 5.73 Å². The van der Waals surface area contributed by atoms with Crippen LogP contribution in [0.15, 0.2) is 18.2 Å². The highest BCUT2D eigenvalue weighted by Gasteiger charge is 2.16. The zero-order chi connectivity index (χ0) is 10.7. The molecule has 78 valence electrons. The predicted octanol–water partition coefficient (Wildman–Crippen LogP) is 1.00. The Morgan fingerprint density at radius 1 is 1.43 bits per heavy atom. The monoisotopic (exact) mass is 215 g/mol. The Balaban J connectivity index is 2.91. The molecule has 2 atom stereocenters. The van der Waals surface area contributed by atoms with E-state index in [9.17, 15) is 10.2 Å². The number of halogens is 1. The number of hydrogen-bond donors (Lipinski definition) is 3. The third-order valence-electron chi connectivity index (χ3n) is 2.14. The standard InChI is InChI=1S/C10H14ClNO2/c1-6-2-3-7(4-8(6)11)10(14)9(13)5-12/h2-4,9-10,13-14H,5,12H2,1H3. The molecule has 0 spiro atoms. The number of nitrogens with two attached hydrogens (primary N) is 1. The molecular weight excluding hydrogens is 202 g/mol. The maximum absolute atomic E-state index is 9.62. The lowest BCUT2D eigenvalue weighted by atomic mass is 10.0. The molecule has 0 amide bonds. The Bertz CT molecular complexity index is 317. The maximum Gasteiger partial charge on any atom is 0.106 e. The van der Waals surface area contributed by atoms with Crippen molar-refractivity contribution < 1.29 is 10.2 Å². The molecule has 1 aromatic rings. The van der Waals surface area contributed by atoms with Crippen molar-refractivity contribution in [3.8, 4) is 0 Å². The van der Waals surface area contributed by atoms with Gasteiger partial charge in [-0.3, -0.25) is 0 Å². The van der Waals surface area contributed by atoms with Crippen LogP contribution in [-0.4, -0.2) is 22.9 Å². The molecular formula is C10H14ClNO2. The molecule has 0 radical (unpaired) electrons. The minimum Gasteiger partial charge on any atom is -0.389 e. The van der Waals surface area contributed by atoms with E-state index in [1.54, 1.807) is 18.2 Å². The van der Waals surface area contributed by atoms with Crippen molar-refractivity contribution in [3.05, 3.63) is 34.3 Å². The summed E-state index contributed by atoms with van der Waals surface area (Å²) in [5.41, 5.74) is 6.75. The molecule has 0 saturated carbocycles. The lowest BCUT2D eigenvalue weighted by Crippen LogP contribution is -2.27. The summed E-state index contributed by atoms with van der Waals surface area (Å²) in [5.74, 6) is 0. The van der Waals surface area contributed by atoms with Gasteiger partial charge in [-0.2, -0.15) is 0 Å². The van der Waals surface area contributed by atoms with Crippen LogP contribution in [-0.2, 0) is 0 Å². The fourth-order valence-corrected chi connectivity index (χ4v) is 1.33. The van der Waals surface area contributed by atoms with Crippen molar-refractivity contribution in [2.75, 3.05) is 6.54 Å². The highest BCUT2D eigenvalue weighted by Crippen LogP contribution is 2.22. The number of aliphatic hydroxyl groups excluding tert-OH is 2. The first-order chi connectivity index (χ1) is 6.56. The minimum absolute atomic E-state index is 0.0205. The summed E-state index contributed by atoms with van der Waals surface area (Å²) in [7, 11) is 0. The van der Waals surface area contributed by atoms with E-state index >= 15 is 0 Å². The van der Waals surface area contributed by atoms with E-state index in [1.165, 1.54) is 0 Å². The molecule has 1 rings (SSSR count). The number of rotatable bonds is 3. The summed E-state index contributed by atoms with van der Waals surface area (Å²) in [6, 6.07) is 5.16. The van der Waals surface area contributed by atoms with Gasteiger partial charge in [0.15, 0.2) is 0 Å². The van der Waals surface area contributed by atoms with E-state index in [0.717, 1.165) is 5.56 Å². The van der Waals surface area contributed by atoms with Crippen LogP contribution in [0.4, 0.5) is 0 Å². The molecule has 0 aliphatic carbocycles. The van der Waals surface area contributed by atoms with Crippen molar-refractivity contribution in [1.29, 1.82) is 0 Å². The van der Waals surface area contributed by atoms with Crippen LogP contribution >= 0.6 is 11.6 Å². The molecule has 3 nitrogen and oxygen atoms in total. The quantitative estimate of drug-likeness (QED) is 0.705. The number of benzene rings is 1. The smallest absolute Gasteiger partial charge is 0.106 e. The van der Waals surface area contributed by atoms with Crippen molar-refractivity contribution in [2.24, 2.45) is 5.73 Å². The van der Waals surface area contributed by atoms with Crippen LogP contribution in [0.5, 0.6) is 0 Å². The van der Waals surface area contributed by atoms with Gasteiger partial charge in [-0.1, -0.05) is 23.7 Å². The summed E-state index contributed by atoms with van der Waals surface area (Å²) >= 11 is 5.88. The van der Waals surface area contributed by atoms with E-state index in [-0.39, 0.29) is 6.54 Å². The first kappa shape index (κ1) is 11.5. The Kier molecular flexibility index (Phi) is 3.89. The van der Waals surface area contributed by atoms with Crippen LogP contribution in [0, 0.1) is 6.92 Å². The first-order valence-electron chi connectivity index (χ1n) is 4.38. The maximum atomic E-state index is 9.62. The van der Waals surface area contributed by atoms with Gasteiger partial charge in [0.05, 0.1) is 6.10 Å². The van der Waals surface area contributed by atoms with Gasteiger partial charge in [-0.25, -0.2) is 0 Å². The summed E-state index contributed by atoms with van der Waals surface area (Å²) in [6.07, 6.45) is -1.92. The molecule has 0 bridgehead atoms. The van der Waals surface area contributed by atoms with E-state index in [2.05, 4.69) is 0 Å². The molecule has 1 aromatic carbocycles. The topological polar surface area (TPSA) is 66.5 Å². The first-order valence-corrected chi connectivity index (χ1v) is 4.76. The molecule has 14 heavy (non-hydrogen) atoms. The van der Waals surface area contributed by atoms with Gasteiger partial charge >= 0.3 is 0 Å². The fourth-order valence-electron chi connectivity index (χ4n) is 1.14. The van der Waals surface area contributed by atoms with Crippen LogP contribution in [0.3, 0.4) is 0 Å². The van der Waals surface area contributed by atoms with E-state index in [4.69, 9.17) is 17.3 Å². The van der Waals surface area contributed by atoms with E-state index < -0.39 is 12.2 Å². The Morgan fingerprint density at radius 2 is 2.07 bits per heavy atom. The van der Waals surface area contributed by atoms with Crippen molar-refractivity contribution in [1.82, 2.24) is 0 Å². The lowest BCUT2D eigenvalue weighted by molar-refractivity contribution is 0.0243. The summed E-state index contributed by atoms with van der Waals surface area (Å²) in [5, 5.41) is 19.5. The number of hydrogen-bond acceptors (Lipinski definition) is 3. The molecule has 4 N–H and O–H groups in total. The van der Waals surface area contributed by atoms with Crippen molar-refractivity contribution >= 4 is 11.6 Å². The Labute approximate surface area is 88.1 Å². The lowest BCUT2D eigenvalue weighted by Gasteiger charge is -2.16. The predicted molar refractivity (Wildman–Crippen MR) is 56.2 cm³/mol. The summed E-state index contributed by atoms with van der Waals surface area (Å²) in [6.45, 7) is 1.89. The molecule has 0 saturated heterocycles. The molecule has 0 aromatic heterocycles. The third kappa shape index (κ3) is 2.45. The second kappa shape index (κ2) is 4.75. The van der Waals surface area contributed by atoms with Gasteiger partial charge in [-0.05, 0) is 24.1 Å². The van der Waals surface area contributed by atoms with Crippen molar-refractivity contribution in [3.63, 3.8) is 0 Å². The Hall–Kier alpha value is -0.610. The third-order valence-corrected chi connectivity index (χ3v) is 2.55.